The summed E-state index contributed by atoms with van der Waals surface area (Å²) in [4.78, 5) is 22.9. The van der Waals surface area contributed by atoms with Crippen LogP contribution in [0, 0.1) is 5.82 Å². The number of benzene rings is 1. The van der Waals surface area contributed by atoms with Gasteiger partial charge in [-0.25, -0.2) is 4.39 Å². The zero-order valence-electron chi connectivity index (χ0n) is 10.7. The molecule has 0 aliphatic rings. The van der Waals surface area contributed by atoms with Gasteiger partial charge in [-0.15, -0.1) is 0 Å². The number of aliphatic carboxylic acids is 1. The highest BCUT2D eigenvalue weighted by Gasteiger charge is 2.20. The van der Waals surface area contributed by atoms with Crippen LogP contribution < -0.4 is 5.32 Å². The molecule has 5 nitrogen and oxygen atoms in total. The summed E-state index contributed by atoms with van der Waals surface area (Å²) in [5.41, 5.74) is 0.498. The van der Waals surface area contributed by atoms with Crippen molar-refractivity contribution in [1.29, 1.82) is 0 Å². The SMILES string of the molecule is O=C(O)C[C@H](NC(=O)c1ccc(Br)o1)c1ccc(F)cc1. The first kappa shape index (κ1) is 15.2. The molecule has 0 unspecified atom stereocenters. The van der Waals surface area contributed by atoms with Crippen molar-refractivity contribution in [3.05, 3.63) is 58.2 Å². The van der Waals surface area contributed by atoms with Gasteiger partial charge < -0.3 is 14.8 Å². The molecule has 0 radical (unpaired) electrons. The Bertz CT molecular complexity index is 653. The Balaban J connectivity index is 2.18. The number of carbonyl (C=O) groups is 2. The van der Waals surface area contributed by atoms with Crippen LogP contribution in [0.25, 0.3) is 0 Å². The molecule has 0 fully saturated rings. The summed E-state index contributed by atoms with van der Waals surface area (Å²) in [5, 5.41) is 11.5. The Kier molecular flexibility index (Phi) is 4.74. The first-order valence-corrected chi connectivity index (χ1v) is 6.78. The number of carbonyl (C=O) groups excluding carboxylic acids is 1. The summed E-state index contributed by atoms with van der Waals surface area (Å²) < 4.78 is 18.4. The van der Waals surface area contributed by atoms with Gasteiger partial charge in [-0.3, -0.25) is 9.59 Å². The maximum atomic E-state index is 12.9. The Morgan fingerprint density at radius 1 is 1.24 bits per heavy atom. The van der Waals surface area contributed by atoms with Crippen molar-refractivity contribution in [3.63, 3.8) is 0 Å². The lowest BCUT2D eigenvalue weighted by molar-refractivity contribution is -0.137. The molecule has 1 amide bonds. The fourth-order valence-electron chi connectivity index (χ4n) is 1.79. The predicted molar refractivity (Wildman–Crippen MR) is 75.3 cm³/mol. The lowest BCUT2D eigenvalue weighted by Gasteiger charge is -2.16. The van der Waals surface area contributed by atoms with E-state index in [1.54, 1.807) is 6.07 Å². The summed E-state index contributed by atoms with van der Waals surface area (Å²) in [7, 11) is 0. The molecule has 7 heteroatoms. The van der Waals surface area contributed by atoms with Gasteiger partial charge in [0.15, 0.2) is 10.4 Å². The van der Waals surface area contributed by atoms with Gasteiger partial charge in [0.1, 0.15) is 5.82 Å². The second-order valence-corrected chi connectivity index (χ2v) is 5.06. The topological polar surface area (TPSA) is 79.5 Å². The molecule has 0 bridgehead atoms. The number of halogens is 2. The summed E-state index contributed by atoms with van der Waals surface area (Å²) >= 11 is 3.08. The zero-order valence-corrected chi connectivity index (χ0v) is 12.3. The molecule has 0 saturated carbocycles. The quantitative estimate of drug-likeness (QED) is 0.863. The summed E-state index contributed by atoms with van der Waals surface area (Å²) in [6.45, 7) is 0. The van der Waals surface area contributed by atoms with Gasteiger partial charge in [-0.05, 0) is 45.8 Å². The number of amides is 1. The molecule has 2 aromatic rings. The molecule has 0 spiro atoms. The maximum Gasteiger partial charge on any atom is 0.305 e. The summed E-state index contributed by atoms with van der Waals surface area (Å²) in [6.07, 6.45) is -0.320. The number of hydrogen-bond donors (Lipinski definition) is 2. The van der Waals surface area contributed by atoms with E-state index >= 15 is 0 Å². The van der Waals surface area contributed by atoms with Crippen molar-refractivity contribution in [2.24, 2.45) is 0 Å². The minimum atomic E-state index is -1.08. The first-order chi connectivity index (χ1) is 9.95. The van der Waals surface area contributed by atoms with Crippen molar-refractivity contribution in [3.8, 4) is 0 Å². The van der Waals surface area contributed by atoms with E-state index < -0.39 is 23.7 Å². The molecular weight excluding hydrogens is 345 g/mol. The second kappa shape index (κ2) is 6.53. The van der Waals surface area contributed by atoms with E-state index in [4.69, 9.17) is 9.52 Å². The van der Waals surface area contributed by atoms with Crippen LogP contribution >= 0.6 is 15.9 Å². The highest BCUT2D eigenvalue weighted by atomic mass is 79.9. The standard InChI is InChI=1S/C14H11BrFNO4/c15-12-6-5-11(21-12)14(20)17-10(7-13(18)19)8-1-3-9(16)4-2-8/h1-6,10H,7H2,(H,17,20)(H,18,19)/t10-/m0/s1. The molecule has 0 saturated heterocycles. The minimum absolute atomic E-state index is 0.0550. The van der Waals surface area contributed by atoms with Gasteiger partial charge in [-0.2, -0.15) is 0 Å². The van der Waals surface area contributed by atoms with Crippen molar-refractivity contribution in [2.75, 3.05) is 0 Å². The predicted octanol–water partition coefficient (Wildman–Crippen LogP) is 3.13. The van der Waals surface area contributed by atoms with E-state index in [0.717, 1.165) is 0 Å². The number of furan rings is 1. The van der Waals surface area contributed by atoms with Gasteiger partial charge in [-0.1, -0.05) is 12.1 Å². The zero-order chi connectivity index (χ0) is 15.4. The summed E-state index contributed by atoms with van der Waals surface area (Å²) in [5.74, 6) is -2.00. The lowest BCUT2D eigenvalue weighted by atomic mass is 10.0. The van der Waals surface area contributed by atoms with Crippen LogP contribution in [0.5, 0.6) is 0 Å². The van der Waals surface area contributed by atoms with Gasteiger partial charge in [0.05, 0.1) is 12.5 Å². The van der Waals surface area contributed by atoms with Crippen molar-refractivity contribution in [1.82, 2.24) is 5.32 Å². The Labute approximate surface area is 127 Å². The number of hydrogen-bond acceptors (Lipinski definition) is 3. The smallest absolute Gasteiger partial charge is 0.305 e. The van der Waals surface area contributed by atoms with Crippen LogP contribution in [-0.4, -0.2) is 17.0 Å². The second-order valence-electron chi connectivity index (χ2n) is 4.28. The molecule has 1 aromatic heterocycles. The van der Waals surface area contributed by atoms with Crippen LogP contribution in [0.15, 0.2) is 45.5 Å². The molecule has 110 valence electrons. The van der Waals surface area contributed by atoms with Crippen LogP contribution in [0.1, 0.15) is 28.6 Å². The Morgan fingerprint density at radius 2 is 1.90 bits per heavy atom. The van der Waals surface area contributed by atoms with Crippen molar-refractivity contribution >= 4 is 27.8 Å². The average molecular weight is 356 g/mol. The minimum Gasteiger partial charge on any atom is -0.481 e. The van der Waals surface area contributed by atoms with Crippen molar-refractivity contribution < 1.29 is 23.5 Å². The molecular formula is C14H11BrFNO4. The molecule has 0 aliphatic carbocycles. The van der Waals surface area contributed by atoms with Crippen LogP contribution in [0.3, 0.4) is 0 Å². The Hall–Kier alpha value is -2.15. The molecule has 1 atom stereocenters. The van der Waals surface area contributed by atoms with Gasteiger partial charge >= 0.3 is 5.97 Å². The monoisotopic (exact) mass is 355 g/mol. The maximum absolute atomic E-state index is 12.9. The largest absolute Gasteiger partial charge is 0.481 e. The van der Waals surface area contributed by atoms with Gasteiger partial charge in [0.25, 0.3) is 5.91 Å². The van der Waals surface area contributed by atoms with E-state index in [9.17, 15) is 14.0 Å². The van der Waals surface area contributed by atoms with Gasteiger partial charge in [0.2, 0.25) is 0 Å². The lowest BCUT2D eigenvalue weighted by Crippen LogP contribution is -2.29. The van der Waals surface area contributed by atoms with Crippen LogP contribution in [0.2, 0.25) is 0 Å². The first-order valence-electron chi connectivity index (χ1n) is 5.99. The molecule has 21 heavy (non-hydrogen) atoms. The van der Waals surface area contributed by atoms with Crippen LogP contribution in [-0.2, 0) is 4.79 Å². The summed E-state index contributed by atoms with van der Waals surface area (Å²) in [6, 6.07) is 7.52. The number of carboxylic acids is 1. The number of carboxylic acid groups (broad SMARTS) is 1. The number of rotatable bonds is 5. The Morgan fingerprint density at radius 3 is 2.43 bits per heavy atom. The van der Waals surface area contributed by atoms with Crippen LogP contribution in [0.4, 0.5) is 4.39 Å². The fraction of sp³-hybridized carbons (Fsp3) is 0.143. The third-order valence-corrected chi connectivity index (χ3v) is 3.18. The third-order valence-electron chi connectivity index (χ3n) is 2.75. The molecule has 2 rings (SSSR count). The van der Waals surface area contributed by atoms with E-state index in [-0.39, 0.29) is 12.2 Å². The molecule has 0 aliphatic heterocycles. The highest BCUT2D eigenvalue weighted by molar-refractivity contribution is 9.10. The van der Waals surface area contributed by atoms with E-state index in [0.29, 0.717) is 10.2 Å². The normalized spacial score (nSPS) is 11.9. The highest BCUT2D eigenvalue weighted by Crippen LogP contribution is 2.20. The van der Waals surface area contributed by atoms with E-state index in [1.807, 2.05) is 0 Å². The average Bonchev–Trinajstić information content (AvgIpc) is 2.85. The van der Waals surface area contributed by atoms with E-state index in [1.165, 1.54) is 30.3 Å². The van der Waals surface area contributed by atoms with E-state index in [2.05, 4.69) is 21.2 Å². The van der Waals surface area contributed by atoms with Gasteiger partial charge in [0, 0.05) is 0 Å². The molecule has 2 N–H and O–H groups in total. The fourth-order valence-corrected chi connectivity index (χ4v) is 2.09. The molecule has 1 heterocycles. The molecule has 1 aromatic carbocycles. The third kappa shape index (κ3) is 4.16. The number of nitrogens with one attached hydrogen (secondary N) is 1. The van der Waals surface area contributed by atoms with Crippen molar-refractivity contribution in [2.45, 2.75) is 12.5 Å².